The molecule has 3 aliphatic heterocycles. The molecule has 0 N–H and O–H groups in total. The number of aromatic nitrogens is 1. The second kappa shape index (κ2) is 9.03. The van der Waals surface area contributed by atoms with Crippen LogP contribution >= 0.6 is 0 Å². The van der Waals surface area contributed by atoms with Crippen molar-refractivity contribution in [3.63, 3.8) is 0 Å². The lowest BCUT2D eigenvalue weighted by atomic mass is 9.78. The average Bonchev–Trinajstić information content (AvgIpc) is 3.28. The lowest BCUT2D eigenvalue weighted by Gasteiger charge is -2.42. The van der Waals surface area contributed by atoms with Gasteiger partial charge in [0.1, 0.15) is 5.76 Å². The molecule has 6 heteroatoms. The Hall–Kier alpha value is -0.950. The molecule has 3 saturated heterocycles. The van der Waals surface area contributed by atoms with Gasteiger partial charge in [0.05, 0.1) is 11.3 Å². The molecule has 27 heavy (non-hydrogen) atoms. The highest BCUT2D eigenvalue weighted by Gasteiger charge is 2.45. The maximum atomic E-state index is 6.31. The van der Waals surface area contributed by atoms with Crippen molar-refractivity contribution in [3.05, 3.63) is 17.5 Å². The lowest BCUT2D eigenvalue weighted by Crippen LogP contribution is -2.47. The van der Waals surface area contributed by atoms with Crippen LogP contribution in [0.2, 0.25) is 0 Å². The van der Waals surface area contributed by atoms with Crippen LogP contribution in [0.15, 0.2) is 10.6 Å². The highest BCUT2D eigenvalue weighted by molar-refractivity contribution is 5.04. The van der Waals surface area contributed by atoms with Gasteiger partial charge in [-0.2, -0.15) is 0 Å². The molecule has 152 valence electrons. The van der Waals surface area contributed by atoms with E-state index >= 15 is 0 Å². The van der Waals surface area contributed by atoms with Gasteiger partial charge in [0.2, 0.25) is 0 Å². The van der Waals surface area contributed by atoms with Gasteiger partial charge >= 0.3 is 0 Å². The third kappa shape index (κ3) is 4.91. The third-order valence-electron chi connectivity index (χ3n) is 6.67. The topological polar surface area (TPSA) is 57.0 Å². The molecule has 0 amide bonds. The maximum absolute atomic E-state index is 6.31. The maximum Gasteiger partial charge on any atom is 0.133 e. The van der Waals surface area contributed by atoms with E-state index in [0.29, 0.717) is 11.8 Å². The van der Waals surface area contributed by atoms with E-state index in [1.165, 1.54) is 6.42 Å². The lowest BCUT2D eigenvalue weighted by molar-refractivity contribution is -0.0743. The molecule has 0 unspecified atom stereocenters. The summed E-state index contributed by atoms with van der Waals surface area (Å²) in [5.41, 5.74) is 1.12. The first kappa shape index (κ1) is 19.4. The first-order valence-electron chi connectivity index (χ1n) is 10.7. The molecule has 0 aliphatic carbocycles. The Morgan fingerprint density at radius 2 is 2.00 bits per heavy atom. The van der Waals surface area contributed by atoms with E-state index in [-0.39, 0.29) is 5.60 Å². The predicted molar refractivity (Wildman–Crippen MR) is 102 cm³/mol. The molecular weight excluding hydrogens is 344 g/mol. The molecule has 0 radical (unpaired) electrons. The molecule has 1 aromatic rings. The summed E-state index contributed by atoms with van der Waals surface area (Å²) in [6.45, 7) is 9.46. The predicted octanol–water partition coefficient (Wildman–Crippen LogP) is 3.19. The molecule has 6 nitrogen and oxygen atoms in total. The summed E-state index contributed by atoms with van der Waals surface area (Å²) in [7, 11) is 0. The van der Waals surface area contributed by atoms with Gasteiger partial charge in [-0.25, -0.2) is 0 Å². The van der Waals surface area contributed by atoms with Crippen LogP contribution in [0.1, 0.15) is 50.0 Å². The fourth-order valence-electron chi connectivity index (χ4n) is 4.95. The summed E-state index contributed by atoms with van der Waals surface area (Å²) in [4.78, 5) is 2.48. The van der Waals surface area contributed by atoms with Gasteiger partial charge in [0, 0.05) is 58.7 Å². The number of piperidine rings is 1. The quantitative estimate of drug-likeness (QED) is 0.679. The summed E-state index contributed by atoms with van der Waals surface area (Å²) >= 11 is 0. The fraction of sp³-hybridized carbons (Fsp3) is 0.857. The Bertz CT molecular complexity index is 576. The molecule has 0 aromatic carbocycles. The van der Waals surface area contributed by atoms with E-state index in [1.54, 1.807) is 0 Å². The van der Waals surface area contributed by atoms with Crippen molar-refractivity contribution in [1.82, 2.24) is 10.1 Å². The minimum atomic E-state index is 0.0816. The van der Waals surface area contributed by atoms with E-state index in [9.17, 15) is 0 Å². The number of ether oxygens (including phenoxy) is 3. The average molecular weight is 379 g/mol. The van der Waals surface area contributed by atoms with Crippen LogP contribution in [0.5, 0.6) is 0 Å². The third-order valence-corrected chi connectivity index (χ3v) is 6.67. The Morgan fingerprint density at radius 3 is 2.74 bits per heavy atom. The zero-order valence-corrected chi connectivity index (χ0v) is 16.7. The molecule has 4 rings (SSSR count). The first-order valence-corrected chi connectivity index (χ1v) is 10.7. The molecule has 4 heterocycles. The van der Waals surface area contributed by atoms with Crippen LogP contribution in [-0.4, -0.2) is 61.8 Å². The second-order valence-corrected chi connectivity index (χ2v) is 8.52. The van der Waals surface area contributed by atoms with Gasteiger partial charge in [-0.1, -0.05) is 5.16 Å². The van der Waals surface area contributed by atoms with Crippen molar-refractivity contribution in [2.75, 3.05) is 46.1 Å². The Balaban J connectivity index is 1.20. The number of likely N-dealkylation sites (tertiary alicyclic amines) is 1. The summed E-state index contributed by atoms with van der Waals surface area (Å²) < 4.78 is 23.0. The largest absolute Gasteiger partial charge is 0.381 e. The van der Waals surface area contributed by atoms with E-state index in [0.717, 1.165) is 96.2 Å². The second-order valence-electron chi connectivity index (χ2n) is 8.52. The normalized spacial score (nSPS) is 26.8. The summed E-state index contributed by atoms with van der Waals surface area (Å²) in [6, 6.07) is 2.04. The molecular formula is C21H34N2O4. The van der Waals surface area contributed by atoms with Gasteiger partial charge in [-0.15, -0.1) is 0 Å². The highest BCUT2D eigenvalue weighted by atomic mass is 16.5. The van der Waals surface area contributed by atoms with Crippen LogP contribution in [0.4, 0.5) is 0 Å². The zero-order chi connectivity index (χ0) is 18.5. The molecule has 1 atom stereocenters. The van der Waals surface area contributed by atoms with Crippen molar-refractivity contribution in [1.29, 1.82) is 0 Å². The SMILES string of the molecule is Cc1cc(CN2CCC3(CC2)OCC[C@H]3CCOCC2CCOCC2)no1. The highest BCUT2D eigenvalue weighted by Crippen LogP contribution is 2.42. The van der Waals surface area contributed by atoms with Crippen LogP contribution in [0.25, 0.3) is 0 Å². The Labute approximate surface area is 162 Å². The summed E-state index contributed by atoms with van der Waals surface area (Å²) in [5, 5.41) is 4.13. The molecule has 3 fully saturated rings. The van der Waals surface area contributed by atoms with Crippen molar-refractivity contribution in [2.24, 2.45) is 11.8 Å². The Morgan fingerprint density at radius 1 is 1.19 bits per heavy atom. The van der Waals surface area contributed by atoms with Crippen LogP contribution in [0.3, 0.4) is 0 Å². The first-order chi connectivity index (χ1) is 13.2. The summed E-state index contributed by atoms with van der Waals surface area (Å²) in [6.07, 6.45) is 6.85. The molecule has 1 aromatic heterocycles. The van der Waals surface area contributed by atoms with E-state index in [4.69, 9.17) is 18.7 Å². The van der Waals surface area contributed by atoms with Crippen molar-refractivity contribution in [2.45, 2.75) is 57.6 Å². The molecule has 3 aliphatic rings. The van der Waals surface area contributed by atoms with Crippen molar-refractivity contribution < 1.29 is 18.7 Å². The zero-order valence-electron chi connectivity index (χ0n) is 16.7. The Kier molecular flexibility index (Phi) is 6.48. The van der Waals surface area contributed by atoms with E-state index < -0.39 is 0 Å². The monoisotopic (exact) mass is 378 g/mol. The molecule has 0 saturated carbocycles. The van der Waals surface area contributed by atoms with Crippen molar-refractivity contribution in [3.8, 4) is 0 Å². The fourth-order valence-corrected chi connectivity index (χ4v) is 4.95. The van der Waals surface area contributed by atoms with Crippen LogP contribution in [0, 0.1) is 18.8 Å². The van der Waals surface area contributed by atoms with Crippen molar-refractivity contribution >= 4 is 0 Å². The number of aryl methyl sites for hydroxylation is 1. The standard InChI is InChI=1S/C21H34N2O4/c1-17-14-20(22-27-17)15-23-8-6-21(7-9-23)19(5-13-26-21)4-12-25-16-18-2-10-24-11-3-18/h14,18-19H,2-13,15-16H2,1H3/t19-/m1/s1. The van der Waals surface area contributed by atoms with Gasteiger partial charge in [0.15, 0.2) is 0 Å². The van der Waals surface area contributed by atoms with E-state index in [1.807, 2.05) is 13.0 Å². The minimum Gasteiger partial charge on any atom is -0.381 e. The van der Waals surface area contributed by atoms with Crippen LogP contribution < -0.4 is 0 Å². The van der Waals surface area contributed by atoms with Gasteiger partial charge < -0.3 is 18.7 Å². The smallest absolute Gasteiger partial charge is 0.133 e. The van der Waals surface area contributed by atoms with Gasteiger partial charge in [0.25, 0.3) is 0 Å². The van der Waals surface area contributed by atoms with Gasteiger partial charge in [-0.3, -0.25) is 4.90 Å². The number of nitrogens with zero attached hydrogens (tertiary/aromatic N) is 2. The van der Waals surface area contributed by atoms with Crippen LogP contribution in [-0.2, 0) is 20.8 Å². The minimum absolute atomic E-state index is 0.0816. The number of hydrogen-bond donors (Lipinski definition) is 0. The van der Waals surface area contributed by atoms with E-state index in [2.05, 4.69) is 10.1 Å². The number of rotatable bonds is 7. The number of hydrogen-bond acceptors (Lipinski definition) is 6. The molecule has 1 spiro atoms. The summed E-state index contributed by atoms with van der Waals surface area (Å²) in [5.74, 6) is 2.22. The van der Waals surface area contributed by atoms with Gasteiger partial charge in [-0.05, 0) is 57.3 Å². The molecule has 0 bridgehead atoms.